The quantitative estimate of drug-likeness (QED) is 0.536. The molecule has 3 rings (SSSR count). The maximum atomic E-state index is 13.6. The van der Waals surface area contributed by atoms with Gasteiger partial charge in [-0.3, -0.25) is 4.79 Å². The van der Waals surface area contributed by atoms with Crippen LogP contribution >= 0.6 is 0 Å². The fraction of sp³-hybridized carbons (Fsp3) is 0.500. The third-order valence-corrected chi connectivity index (χ3v) is 8.55. The fourth-order valence-electron chi connectivity index (χ4n) is 4.46. The maximum Gasteiger partial charge on any atom is 0.246 e. The number of nitrogens with one attached hydrogen (secondary N) is 1. The van der Waals surface area contributed by atoms with Gasteiger partial charge in [-0.25, -0.2) is 8.42 Å². The lowest BCUT2D eigenvalue weighted by atomic mass is 10.1. The van der Waals surface area contributed by atoms with E-state index in [1.54, 1.807) is 37.4 Å². The van der Waals surface area contributed by atoms with E-state index in [2.05, 4.69) is 5.32 Å². The first kappa shape index (κ1) is 27.0. The van der Waals surface area contributed by atoms with Gasteiger partial charge in [0.2, 0.25) is 15.9 Å². The Hall–Kier alpha value is -2.62. The summed E-state index contributed by atoms with van der Waals surface area (Å²) in [5, 5.41) is 2.86. The van der Waals surface area contributed by atoms with Gasteiger partial charge in [0, 0.05) is 38.9 Å². The maximum absolute atomic E-state index is 13.6. The molecule has 1 fully saturated rings. The Kier molecular flexibility index (Phi) is 9.15. The fourth-order valence-corrected chi connectivity index (χ4v) is 6.56. The van der Waals surface area contributed by atoms with Gasteiger partial charge in [-0.1, -0.05) is 18.6 Å². The average molecular weight is 504 g/mol. The van der Waals surface area contributed by atoms with Crippen molar-refractivity contribution in [3.8, 4) is 5.75 Å². The van der Waals surface area contributed by atoms with Gasteiger partial charge >= 0.3 is 0 Å². The lowest BCUT2D eigenvalue weighted by Crippen LogP contribution is -2.46. The van der Waals surface area contributed by atoms with E-state index in [0.717, 1.165) is 24.1 Å². The molecule has 0 bridgehead atoms. The molecule has 2 aromatic carbocycles. The van der Waals surface area contributed by atoms with Crippen LogP contribution in [0.5, 0.6) is 5.75 Å². The number of carbonyl (C=O) groups is 1. The first-order valence-electron chi connectivity index (χ1n) is 11.9. The second kappa shape index (κ2) is 11.9. The monoisotopic (exact) mass is 503 g/mol. The van der Waals surface area contributed by atoms with Crippen molar-refractivity contribution in [1.29, 1.82) is 0 Å². The zero-order valence-electron chi connectivity index (χ0n) is 21.3. The van der Waals surface area contributed by atoms with Crippen LogP contribution in [-0.4, -0.2) is 65.6 Å². The first-order chi connectivity index (χ1) is 16.6. The van der Waals surface area contributed by atoms with Crippen LogP contribution in [0.25, 0.3) is 0 Å². The van der Waals surface area contributed by atoms with E-state index in [1.165, 1.54) is 0 Å². The largest absolute Gasteiger partial charge is 0.497 e. The SMILES string of the molecule is COc1cc(C)c(S(=O)(=O)N2CCCCC2COCC(=O)NCc2ccc(N(C)C)cc2)c(C)c1. The summed E-state index contributed by atoms with van der Waals surface area (Å²) in [5.41, 5.74) is 3.41. The van der Waals surface area contributed by atoms with Crippen LogP contribution in [0, 0.1) is 13.8 Å². The van der Waals surface area contributed by atoms with Crippen molar-refractivity contribution in [2.45, 2.75) is 50.6 Å². The Morgan fingerprint density at radius 1 is 1.11 bits per heavy atom. The van der Waals surface area contributed by atoms with Crippen LogP contribution in [0.2, 0.25) is 0 Å². The number of ether oxygens (including phenoxy) is 2. The van der Waals surface area contributed by atoms with Crippen LogP contribution in [0.3, 0.4) is 0 Å². The number of rotatable bonds is 10. The number of sulfonamides is 1. The van der Waals surface area contributed by atoms with Gasteiger partial charge in [0.05, 0.1) is 18.6 Å². The second-order valence-corrected chi connectivity index (χ2v) is 11.0. The molecule has 0 aliphatic carbocycles. The number of aryl methyl sites for hydroxylation is 2. The topological polar surface area (TPSA) is 88.2 Å². The van der Waals surface area contributed by atoms with E-state index < -0.39 is 10.0 Å². The molecule has 1 atom stereocenters. The molecule has 8 nitrogen and oxygen atoms in total. The molecule has 35 heavy (non-hydrogen) atoms. The van der Waals surface area contributed by atoms with Crippen molar-refractivity contribution in [2.24, 2.45) is 0 Å². The molecule has 2 aromatic rings. The predicted molar refractivity (Wildman–Crippen MR) is 137 cm³/mol. The molecule has 1 amide bonds. The van der Waals surface area contributed by atoms with E-state index in [-0.39, 0.29) is 25.2 Å². The molecule has 1 heterocycles. The molecule has 1 aliphatic rings. The van der Waals surface area contributed by atoms with Crippen LogP contribution in [0.1, 0.15) is 36.0 Å². The van der Waals surface area contributed by atoms with Crippen molar-refractivity contribution < 1.29 is 22.7 Å². The molecule has 1 unspecified atom stereocenters. The Balaban J connectivity index is 1.58. The molecular formula is C26H37N3O5S. The summed E-state index contributed by atoms with van der Waals surface area (Å²) in [6.45, 7) is 4.50. The smallest absolute Gasteiger partial charge is 0.246 e. The highest BCUT2D eigenvalue weighted by atomic mass is 32.2. The van der Waals surface area contributed by atoms with Crippen molar-refractivity contribution in [1.82, 2.24) is 9.62 Å². The van der Waals surface area contributed by atoms with Crippen molar-refractivity contribution in [3.05, 3.63) is 53.1 Å². The van der Waals surface area contributed by atoms with Gasteiger partial charge in [-0.15, -0.1) is 0 Å². The third kappa shape index (κ3) is 6.74. The van der Waals surface area contributed by atoms with Crippen molar-refractivity contribution >= 4 is 21.6 Å². The highest BCUT2D eigenvalue weighted by Gasteiger charge is 2.35. The zero-order valence-corrected chi connectivity index (χ0v) is 22.2. The molecular weight excluding hydrogens is 466 g/mol. The molecule has 0 aromatic heterocycles. The molecule has 1 aliphatic heterocycles. The highest BCUT2D eigenvalue weighted by molar-refractivity contribution is 7.89. The van der Waals surface area contributed by atoms with Gasteiger partial charge < -0.3 is 19.7 Å². The molecule has 0 radical (unpaired) electrons. The number of methoxy groups -OCH3 is 1. The number of carbonyl (C=O) groups excluding carboxylic acids is 1. The molecule has 192 valence electrons. The van der Waals surface area contributed by atoms with Crippen molar-refractivity contribution in [2.75, 3.05) is 45.9 Å². The Morgan fingerprint density at radius 2 is 1.77 bits per heavy atom. The number of hydrogen-bond acceptors (Lipinski definition) is 6. The average Bonchev–Trinajstić information content (AvgIpc) is 2.82. The summed E-state index contributed by atoms with van der Waals surface area (Å²) in [6, 6.07) is 11.1. The number of hydrogen-bond donors (Lipinski definition) is 1. The number of anilines is 1. The summed E-state index contributed by atoms with van der Waals surface area (Å²) in [5.74, 6) is 0.408. The Bertz CT molecular complexity index is 1090. The lowest BCUT2D eigenvalue weighted by Gasteiger charge is -2.35. The first-order valence-corrected chi connectivity index (χ1v) is 13.3. The van der Waals surface area contributed by atoms with E-state index in [9.17, 15) is 13.2 Å². The zero-order chi connectivity index (χ0) is 25.6. The molecule has 0 saturated carbocycles. The van der Waals surface area contributed by atoms with E-state index >= 15 is 0 Å². The summed E-state index contributed by atoms with van der Waals surface area (Å²) in [6.07, 6.45) is 2.43. The van der Waals surface area contributed by atoms with Crippen LogP contribution in [0.15, 0.2) is 41.3 Å². The van der Waals surface area contributed by atoms with Crippen molar-refractivity contribution in [3.63, 3.8) is 0 Å². The third-order valence-electron chi connectivity index (χ3n) is 6.30. The van der Waals surface area contributed by atoms with Gasteiger partial charge in [0.15, 0.2) is 0 Å². The summed E-state index contributed by atoms with van der Waals surface area (Å²) < 4.78 is 39.7. The highest BCUT2D eigenvalue weighted by Crippen LogP contribution is 2.31. The Morgan fingerprint density at radius 3 is 2.37 bits per heavy atom. The summed E-state index contributed by atoms with van der Waals surface area (Å²) in [7, 11) is 1.81. The normalized spacial score (nSPS) is 16.7. The minimum absolute atomic E-state index is 0.110. The number of piperidine rings is 1. The lowest BCUT2D eigenvalue weighted by molar-refractivity contribution is -0.126. The summed E-state index contributed by atoms with van der Waals surface area (Å²) in [4.78, 5) is 14.6. The van der Waals surface area contributed by atoms with Gasteiger partial charge in [0.1, 0.15) is 12.4 Å². The van der Waals surface area contributed by atoms with Gasteiger partial charge in [-0.2, -0.15) is 4.31 Å². The minimum atomic E-state index is -3.71. The number of benzene rings is 2. The Labute approximate surface area is 209 Å². The molecule has 1 saturated heterocycles. The molecule has 1 N–H and O–H groups in total. The van der Waals surface area contributed by atoms with Crippen LogP contribution < -0.4 is 15.0 Å². The standard InChI is InChI=1S/C26H37N3O5S/c1-19-14-24(33-5)15-20(2)26(19)35(31,32)29-13-7-6-8-23(29)17-34-18-25(30)27-16-21-9-11-22(12-10-21)28(3)4/h9-12,14-15,23H,6-8,13,16-18H2,1-5H3,(H,27,30). The van der Waals surface area contributed by atoms with Gasteiger partial charge in [0.25, 0.3) is 0 Å². The van der Waals surface area contributed by atoms with Crippen LogP contribution in [-0.2, 0) is 26.1 Å². The molecule has 9 heteroatoms. The van der Waals surface area contributed by atoms with E-state index in [1.807, 2.05) is 43.3 Å². The van der Waals surface area contributed by atoms with E-state index in [4.69, 9.17) is 9.47 Å². The predicted octanol–water partition coefficient (Wildman–Crippen LogP) is 3.25. The molecule has 0 spiro atoms. The minimum Gasteiger partial charge on any atom is -0.497 e. The second-order valence-electron chi connectivity index (χ2n) is 9.21. The van der Waals surface area contributed by atoms with Crippen LogP contribution in [0.4, 0.5) is 5.69 Å². The summed E-state index contributed by atoms with van der Waals surface area (Å²) >= 11 is 0. The number of nitrogens with zero attached hydrogens (tertiary/aromatic N) is 2. The van der Waals surface area contributed by atoms with E-state index in [0.29, 0.717) is 41.3 Å². The number of amides is 1. The van der Waals surface area contributed by atoms with Gasteiger partial charge in [-0.05, 0) is 67.6 Å².